The van der Waals surface area contributed by atoms with Crippen molar-refractivity contribution in [3.8, 4) is 5.75 Å². The van der Waals surface area contributed by atoms with Crippen molar-refractivity contribution in [2.24, 2.45) is 0 Å². The van der Waals surface area contributed by atoms with Crippen LogP contribution in [0.15, 0.2) is 12.1 Å². The SMILES string of the molecule is CCOC(=O)Cc1cc(CCl)cc(OC)c1C. The van der Waals surface area contributed by atoms with Gasteiger partial charge in [0, 0.05) is 5.88 Å². The molecule has 3 nitrogen and oxygen atoms in total. The van der Waals surface area contributed by atoms with Gasteiger partial charge < -0.3 is 9.47 Å². The predicted molar refractivity (Wildman–Crippen MR) is 67.6 cm³/mol. The summed E-state index contributed by atoms with van der Waals surface area (Å²) >= 11 is 5.81. The molecule has 0 aliphatic heterocycles. The highest BCUT2D eigenvalue weighted by atomic mass is 35.5. The molecule has 94 valence electrons. The van der Waals surface area contributed by atoms with Gasteiger partial charge in [0.1, 0.15) is 5.75 Å². The predicted octanol–water partition coefficient (Wildman–Crippen LogP) is 2.85. The third-order valence-electron chi connectivity index (χ3n) is 2.54. The van der Waals surface area contributed by atoms with E-state index in [-0.39, 0.29) is 12.4 Å². The van der Waals surface area contributed by atoms with Crippen molar-refractivity contribution in [3.05, 3.63) is 28.8 Å². The first-order valence-electron chi connectivity index (χ1n) is 5.50. The molecule has 4 heteroatoms. The van der Waals surface area contributed by atoms with E-state index in [1.54, 1.807) is 14.0 Å². The van der Waals surface area contributed by atoms with Gasteiger partial charge >= 0.3 is 5.97 Å². The Morgan fingerprint density at radius 2 is 2.12 bits per heavy atom. The molecular weight excluding hydrogens is 240 g/mol. The van der Waals surface area contributed by atoms with Gasteiger partial charge in [-0.15, -0.1) is 11.6 Å². The molecule has 0 atom stereocenters. The molecule has 0 radical (unpaired) electrons. The van der Waals surface area contributed by atoms with E-state index < -0.39 is 0 Å². The Morgan fingerprint density at radius 3 is 2.65 bits per heavy atom. The van der Waals surface area contributed by atoms with E-state index in [9.17, 15) is 4.79 Å². The molecule has 1 aromatic rings. The topological polar surface area (TPSA) is 35.5 Å². The Balaban J connectivity index is 3.00. The smallest absolute Gasteiger partial charge is 0.310 e. The molecule has 0 amide bonds. The summed E-state index contributed by atoms with van der Waals surface area (Å²) in [5, 5.41) is 0. The number of carbonyl (C=O) groups is 1. The summed E-state index contributed by atoms with van der Waals surface area (Å²) in [6.45, 7) is 4.11. The normalized spacial score (nSPS) is 10.1. The number of rotatable bonds is 5. The molecule has 0 spiro atoms. The zero-order chi connectivity index (χ0) is 12.8. The van der Waals surface area contributed by atoms with E-state index in [4.69, 9.17) is 21.1 Å². The van der Waals surface area contributed by atoms with E-state index in [1.807, 2.05) is 19.1 Å². The maximum atomic E-state index is 11.5. The number of hydrogen-bond donors (Lipinski definition) is 0. The van der Waals surface area contributed by atoms with Crippen LogP contribution in [0.2, 0.25) is 0 Å². The lowest BCUT2D eigenvalue weighted by Crippen LogP contribution is -2.09. The molecule has 1 rings (SSSR count). The number of alkyl halides is 1. The van der Waals surface area contributed by atoms with Crippen molar-refractivity contribution in [3.63, 3.8) is 0 Å². The average molecular weight is 257 g/mol. The molecule has 0 fully saturated rings. The number of benzene rings is 1. The summed E-state index contributed by atoms with van der Waals surface area (Å²) in [5.74, 6) is 0.916. The van der Waals surface area contributed by atoms with E-state index in [0.717, 1.165) is 22.4 Å². The maximum absolute atomic E-state index is 11.5. The lowest BCUT2D eigenvalue weighted by atomic mass is 10.0. The first kappa shape index (κ1) is 13.8. The van der Waals surface area contributed by atoms with Crippen molar-refractivity contribution in [2.75, 3.05) is 13.7 Å². The highest BCUT2D eigenvalue weighted by molar-refractivity contribution is 6.17. The minimum Gasteiger partial charge on any atom is -0.496 e. The summed E-state index contributed by atoms with van der Waals surface area (Å²) in [7, 11) is 1.61. The second kappa shape index (κ2) is 6.50. The monoisotopic (exact) mass is 256 g/mol. The van der Waals surface area contributed by atoms with Crippen LogP contribution in [0, 0.1) is 6.92 Å². The third kappa shape index (κ3) is 3.63. The van der Waals surface area contributed by atoms with Crippen LogP contribution >= 0.6 is 11.6 Å². The van der Waals surface area contributed by atoms with Gasteiger partial charge in [-0.05, 0) is 36.6 Å². The minimum atomic E-state index is -0.232. The Morgan fingerprint density at radius 1 is 1.41 bits per heavy atom. The number of ether oxygens (including phenoxy) is 2. The molecule has 0 N–H and O–H groups in total. The van der Waals surface area contributed by atoms with Gasteiger partial charge in [-0.1, -0.05) is 6.07 Å². The number of carbonyl (C=O) groups excluding carboxylic acids is 1. The van der Waals surface area contributed by atoms with Gasteiger partial charge in [0.15, 0.2) is 0 Å². The largest absolute Gasteiger partial charge is 0.496 e. The quantitative estimate of drug-likeness (QED) is 0.600. The molecule has 0 aliphatic carbocycles. The van der Waals surface area contributed by atoms with Crippen LogP contribution in [-0.2, 0) is 21.8 Å². The Kier molecular flexibility index (Phi) is 5.29. The molecule has 0 aliphatic rings. The fourth-order valence-corrected chi connectivity index (χ4v) is 1.80. The van der Waals surface area contributed by atoms with Crippen molar-refractivity contribution >= 4 is 17.6 Å². The lowest BCUT2D eigenvalue weighted by molar-refractivity contribution is -0.142. The van der Waals surface area contributed by atoms with Crippen molar-refractivity contribution in [2.45, 2.75) is 26.1 Å². The summed E-state index contributed by atoms with van der Waals surface area (Å²) < 4.78 is 10.2. The summed E-state index contributed by atoms with van der Waals surface area (Å²) in [6.07, 6.45) is 0.251. The highest BCUT2D eigenvalue weighted by Gasteiger charge is 2.11. The molecular formula is C13H17ClO3. The fraction of sp³-hybridized carbons (Fsp3) is 0.462. The van der Waals surface area contributed by atoms with Crippen LogP contribution in [0.25, 0.3) is 0 Å². The second-order valence-electron chi connectivity index (χ2n) is 3.70. The van der Waals surface area contributed by atoms with Crippen molar-refractivity contribution in [1.82, 2.24) is 0 Å². The molecule has 0 heterocycles. The third-order valence-corrected chi connectivity index (χ3v) is 2.85. The molecule has 17 heavy (non-hydrogen) atoms. The zero-order valence-corrected chi connectivity index (χ0v) is 11.1. The molecule has 0 saturated heterocycles. The zero-order valence-electron chi connectivity index (χ0n) is 10.4. The van der Waals surface area contributed by atoms with Crippen molar-refractivity contribution < 1.29 is 14.3 Å². The van der Waals surface area contributed by atoms with Gasteiger partial charge in [-0.25, -0.2) is 0 Å². The molecule has 0 bridgehead atoms. The van der Waals surface area contributed by atoms with Crippen LogP contribution in [0.5, 0.6) is 5.75 Å². The first-order chi connectivity index (χ1) is 8.12. The van der Waals surface area contributed by atoms with Gasteiger partial charge in [0.05, 0.1) is 20.1 Å². The Bertz CT molecular complexity index is 402. The van der Waals surface area contributed by atoms with E-state index in [2.05, 4.69) is 0 Å². The van der Waals surface area contributed by atoms with Gasteiger partial charge in [0.25, 0.3) is 0 Å². The minimum absolute atomic E-state index is 0.232. The molecule has 0 saturated carbocycles. The first-order valence-corrected chi connectivity index (χ1v) is 6.03. The number of methoxy groups -OCH3 is 1. The fourth-order valence-electron chi connectivity index (χ4n) is 1.65. The molecule has 0 unspecified atom stereocenters. The van der Waals surface area contributed by atoms with Crippen LogP contribution < -0.4 is 4.74 Å². The summed E-state index contributed by atoms with van der Waals surface area (Å²) in [5.41, 5.74) is 2.79. The van der Waals surface area contributed by atoms with Gasteiger partial charge in [-0.2, -0.15) is 0 Å². The van der Waals surface area contributed by atoms with Gasteiger partial charge in [-0.3, -0.25) is 4.79 Å². The number of hydrogen-bond acceptors (Lipinski definition) is 3. The molecule has 0 aromatic heterocycles. The lowest BCUT2D eigenvalue weighted by Gasteiger charge is -2.12. The Hall–Kier alpha value is -1.22. The second-order valence-corrected chi connectivity index (χ2v) is 3.96. The van der Waals surface area contributed by atoms with Crippen LogP contribution in [0.1, 0.15) is 23.6 Å². The summed E-state index contributed by atoms with van der Waals surface area (Å²) in [6, 6.07) is 3.80. The van der Waals surface area contributed by atoms with E-state index >= 15 is 0 Å². The Labute approximate surface area is 107 Å². The number of halogens is 1. The van der Waals surface area contributed by atoms with E-state index in [1.165, 1.54) is 0 Å². The average Bonchev–Trinajstić information content (AvgIpc) is 2.32. The highest BCUT2D eigenvalue weighted by Crippen LogP contribution is 2.25. The maximum Gasteiger partial charge on any atom is 0.310 e. The standard InChI is InChI=1S/C13H17ClO3/c1-4-17-13(15)7-11-5-10(8-14)6-12(16-3)9(11)2/h5-6H,4,7-8H2,1-3H3. The molecule has 1 aromatic carbocycles. The van der Waals surface area contributed by atoms with E-state index in [0.29, 0.717) is 12.5 Å². The number of esters is 1. The van der Waals surface area contributed by atoms with Crippen molar-refractivity contribution in [1.29, 1.82) is 0 Å². The van der Waals surface area contributed by atoms with Gasteiger partial charge in [0.2, 0.25) is 0 Å². The van der Waals surface area contributed by atoms with Crippen LogP contribution in [0.4, 0.5) is 0 Å². The van der Waals surface area contributed by atoms with Crippen LogP contribution in [0.3, 0.4) is 0 Å². The van der Waals surface area contributed by atoms with Crippen LogP contribution in [-0.4, -0.2) is 19.7 Å². The summed E-state index contributed by atoms with van der Waals surface area (Å²) in [4.78, 5) is 11.5.